The van der Waals surface area contributed by atoms with Gasteiger partial charge in [0.25, 0.3) is 0 Å². The summed E-state index contributed by atoms with van der Waals surface area (Å²) >= 11 is 1.26. The van der Waals surface area contributed by atoms with Crippen molar-refractivity contribution in [3.05, 3.63) is 47.0 Å². The lowest BCUT2D eigenvalue weighted by Crippen LogP contribution is -2.15. The van der Waals surface area contributed by atoms with Crippen molar-refractivity contribution in [2.24, 2.45) is 0 Å². The molecule has 20 heavy (non-hydrogen) atoms. The summed E-state index contributed by atoms with van der Waals surface area (Å²) in [6.07, 6.45) is 1.57. The molecule has 2 N–H and O–H groups in total. The van der Waals surface area contributed by atoms with Crippen molar-refractivity contribution in [2.45, 2.75) is 19.2 Å². The normalized spacial score (nSPS) is 11.4. The molecule has 0 unspecified atom stereocenters. The van der Waals surface area contributed by atoms with Crippen LogP contribution in [0.2, 0.25) is 0 Å². The first-order chi connectivity index (χ1) is 9.59. The summed E-state index contributed by atoms with van der Waals surface area (Å²) in [7, 11) is -3.42. The fourth-order valence-electron chi connectivity index (χ4n) is 1.76. The molecular formula is C13H17N3O2S2. The van der Waals surface area contributed by atoms with E-state index in [-0.39, 0.29) is 5.75 Å². The van der Waals surface area contributed by atoms with E-state index in [4.69, 9.17) is 0 Å². The molecule has 0 radical (unpaired) electrons. The van der Waals surface area contributed by atoms with Crippen LogP contribution >= 0.6 is 11.3 Å². The zero-order valence-electron chi connectivity index (χ0n) is 11.2. The molecule has 0 aliphatic rings. The molecule has 5 nitrogen and oxygen atoms in total. The molecule has 0 aliphatic heterocycles. The first kappa shape index (κ1) is 15.0. The van der Waals surface area contributed by atoms with Crippen LogP contribution in [0.25, 0.3) is 0 Å². The summed E-state index contributed by atoms with van der Waals surface area (Å²) in [4.78, 5) is 3.92. The van der Waals surface area contributed by atoms with Gasteiger partial charge < -0.3 is 5.32 Å². The highest BCUT2D eigenvalue weighted by Gasteiger charge is 2.13. The topological polar surface area (TPSA) is 71.1 Å². The molecule has 1 heterocycles. The Balaban J connectivity index is 2.05. The Kier molecular flexibility index (Phi) is 5.11. The van der Waals surface area contributed by atoms with Gasteiger partial charge in [-0.05, 0) is 17.7 Å². The van der Waals surface area contributed by atoms with E-state index in [2.05, 4.69) is 15.0 Å². The number of thiazole rings is 1. The first-order valence-electron chi connectivity index (χ1n) is 6.27. The van der Waals surface area contributed by atoms with Gasteiger partial charge in [-0.1, -0.05) is 31.2 Å². The maximum absolute atomic E-state index is 12.0. The van der Waals surface area contributed by atoms with Crippen LogP contribution in [0.15, 0.2) is 35.8 Å². The molecular weight excluding hydrogens is 294 g/mol. The van der Waals surface area contributed by atoms with Gasteiger partial charge in [0.2, 0.25) is 10.0 Å². The molecule has 0 atom stereocenters. The number of rotatable bonds is 7. The van der Waals surface area contributed by atoms with Gasteiger partial charge in [-0.3, -0.25) is 4.72 Å². The van der Waals surface area contributed by atoms with E-state index < -0.39 is 10.0 Å². The zero-order valence-corrected chi connectivity index (χ0v) is 12.8. The Morgan fingerprint density at radius 2 is 2.10 bits per heavy atom. The number of anilines is 1. The minimum Gasteiger partial charge on any atom is -0.313 e. The smallest absolute Gasteiger partial charge is 0.238 e. The van der Waals surface area contributed by atoms with Crippen LogP contribution in [0.1, 0.15) is 18.1 Å². The van der Waals surface area contributed by atoms with E-state index in [1.54, 1.807) is 11.6 Å². The third kappa shape index (κ3) is 4.59. The molecule has 1 aromatic carbocycles. The molecule has 2 aromatic rings. The van der Waals surface area contributed by atoms with Gasteiger partial charge in [0.15, 0.2) is 5.13 Å². The van der Waals surface area contributed by atoms with Crippen molar-refractivity contribution in [1.82, 2.24) is 10.3 Å². The van der Waals surface area contributed by atoms with Gasteiger partial charge >= 0.3 is 0 Å². The molecule has 0 bridgehead atoms. The molecule has 7 heteroatoms. The number of hydrogen-bond donors (Lipinski definition) is 2. The van der Waals surface area contributed by atoms with Crippen LogP contribution in [0.5, 0.6) is 0 Å². The van der Waals surface area contributed by atoms with E-state index >= 15 is 0 Å². The van der Waals surface area contributed by atoms with Crippen LogP contribution in [0.3, 0.4) is 0 Å². The van der Waals surface area contributed by atoms with E-state index in [9.17, 15) is 8.42 Å². The van der Waals surface area contributed by atoms with Crippen molar-refractivity contribution < 1.29 is 8.42 Å². The summed E-state index contributed by atoms with van der Waals surface area (Å²) in [5, 5.41) is 5.35. The summed E-state index contributed by atoms with van der Waals surface area (Å²) < 4.78 is 26.5. The Morgan fingerprint density at radius 3 is 2.80 bits per heavy atom. The fraction of sp³-hybridized carbons (Fsp3) is 0.308. The predicted octanol–water partition coefficient (Wildman–Crippen LogP) is 2.19. The zero-order chi connectivity index (χ0) is 14.4. The van der Waals surface area contributed by atoms with Crippen molar-refractivity contribution in [1.29, 1.82) is 0 Å². The average molecular weight is 311 g/mol. The van der Waals surface area contributed by atoms with Crippen molar-refractivity contribution in [2.75, 3.05) is 11.3 Å². The van der Waals surface area contributed by atoms with Crippen LogP contribution in [-0.4, -0.2) is 19.9 Å². The third-order valence-electron chi connectivity index (χ3n) is 2.60. The monoisotopic (exact) mass is 311 g/mol. The van der Waals surface area contributed by atoms with E-state index in [1.807, 2.05) is 31.2 Å². The Morgan fingerprint density at radius 1 is 1.30 bits per heavy atom. The Bertz CT molecular complexity index is 639. The minimum absolute atomic E-state index is 0.0491. The highest BCUT2D eigenvalue weighted by atomic mass is 32.2. The van der Waals surface area contributed by atoms with Crippen LogP contribution < -0.4 is 10.0 Å². The van der Waals surface area contributed by atoms with E-state index in [0.717, 1.165) is 24.2 Å². The van der Waals surface area contributed by atoms with Crippen molar-refractivity contribution >= 4 is 26.5 Å². The number of benzene rings is 1. The van der Waals surface area contributed by atoms with E-state index in [1.165, 1.54) is 11.3 Å². The second-order valence-corrected chi connectivity index (χ2v) is 6.92. The van der Waals surface area contributed by atoms with Crippen molar-refractivity contribution in [3.63, 3.8) is 0 Å². The molecule has 0 saturated carbocycles. The van der Waals surface area contributed by atoms with Gasteiger partial charge in [-0.15, -0.1) is 11.3 Å². The number of aromatic nitrogens is 1. The summed E-state index contributed by atoms with van der Waals surface area (Å²) in [5.74, 6) is -0.0491. The van der Waals surface area contributed by atoms with E-state index in [0.29, 0.717) is 5.13 Å². The summed E-state index contributed by atoms with van der Waals surface area (Å²) in [6, 6.07) is 7.58. The van der Waals surface area contributed by atoms with Gasteiger partial charge in [-0.2, -0.15) is 0 Å². The SMILES string of the molecule is CCNCc1cccc(CS(=O)(=O)Nc2nccs2)c1. The number of nitrogens with one attached hydrogen (secondary N) is 2. The summed E-state index contributed by atoms with van der Waals surface area (Å²) in [5.41, 5.74) is 1.85. The van der Waals surface area contributed by atoms with Crippen molar-refractivity contribution in [3.8, 4) is 0 Å². The molecule has 0 spiro atoms. The molecule has 0 aliphatic carbocycles. The first-order valence-corrected chi connectivity index (χ1v) is 8.81. The fourth-order valence-corrected chi connectivity index (χ4v) is 3.72. The van der Waals surface area contributed by atoms with Crippen LogP contribution in [0, 0.1) is 0 Å². The maximum atomic E-state index is 12.0. The van der Waals surface area contributed by atoms with Gasteiger partial charge in [0.05, 0.1) is 5.75 Å². The van der Waals surface area contributed by atoms with Gasteiger partial charge in [0.1, 0.15) is 0 Å². The second-order valence-electron chi connectivity index (χ2n) is 4.30. The molecule has 0 saturated heterocycles. The minimum atomic E-state index is -3.42. The van der Waals surface area contributed by atoms with Gasteiger partial charge in [-0.25, -0.2) is 13.4 Å². The highest BCUT2D eigenvalue weighted by molar-refractivity contribution is 7.92. The molecule has 2 rings (SSSR count). The quantitative estimate of drug-likeness (QED) is 0.822. The lowest BCUT2D eigenvalue weighted by atomic mass is 10.1. The Labute approximate surface area is 123 Å². The average Bonchev–Trinajstić information content (AvgIpc) is 2.88. The van der Waals surface area contributed by atoms with Crippen LogP contribution in [-0.2, 0) is 22.3 Å². The number of hydrogen-bond acceptors (Lipinski definition) is 5. The summed E-state index contributed by atoms with van der Waals surface area (Å²) in [6.45, 7) is 3.66. The third-order valence-corrected chi connectivity index (χ3v) is 4.64. The number of nitrogens with zero attached hydrogens (tertiary/aromatic N) is 1. The molecule has 1 aromatic heterocycles. The molecule has 0 amide bonds. The lowest BCUT2D eigenvalue weighted by molar-refractivity contribution is 0.600. The van der Waals surface area contributed by atoms with Gasteiger partial charge in [0, 0.05) is 18.1 Å². The maximum Gasteiger partial charge on any atom is 0.238 e. The molecule has 108 valence electrons. The second kappa shape index (κ2) is 6.83. The lowest BCUT2D eigenvalue weighted by Gasteiger charge is -2.07. The standard InChI is InChI=1S/C13H17N3O2S2/c1-2-14-9-11-4-3-5-12(8-11)10-20(17,18)16-13-15-6-7-19-13/h3-8,14H,2,9-10H2,1H3,(H,15,16). The largest absolute Gasteiger partial charge is 0.313 e. The Hall–Kier alpha value is -1.44. The van der Waals surface area contributed by atoms with Crippen LogP contribution in [0.4, 0.5) is 5.13 Å². The predicted molar refractivity (Wildman–Crippen MR) is 82.2 cm³/mol. The number of sulfonamides is 1. The molecule has 0 fully saturated rings. The highest BCUT2D eigenvalue weighted by Crippen LogP contribution is 2.15.